The predicted octanol–water partition coefficient (Wildman–Crippen LogP) is 5.65. The summed E-state index contributed by atoms with van der Waals surface area (Å²) in [6.07, 6.45) is 1.27. The van der Waals surface area contributed by atoms with Crippen LogP contribution >= 0.6 is 46.4 Å². The third-order valence-corrected chi connectivity index (χ3v) is 7.68. The number of carbonyl (C=O) groups is 2. The summed E-state index contributed by atoms with van der Waals surface area (Å²) in [6.45, 7) is 5.53. The van der Waals surface area contributed by atoms with Gasteiger partial charge in [0.25, 0.3) is 0 Å². The van der Waals surface area contributed by atoms with Gasteiger partial charge in [0.15, 0.2) is 0 Å². The maximum atomic E-state index is 13.7. The molecule has 198 valence electrons. The molecule has 0 heterocycles. The molecule has 0 aliphatic carbocycles. The Labute approximate surface area is 232 Å². The topological polar surface area (TPSA) is 86.8 Å². The fourth-order valence-electron chi connectivity index (χ4n) is 3.45. The molecule has 1 N–H and O–H groups in total. The van der Waals surface area contributed by atoms with E-state index in [2.05, 4.69) is 5.32 Å². The van der Waals surface area contributed by atoms with Crippen LogP contribution in [0.1, 0.15) is 32.8 Å². The Bertz CT molecular complexity index is 1210. The molecule has 0 aliphatic rings. The molecule has 36 heavy (non-hydrogen) atoms. The largest absolute Gasteiger partial charge is 0.354 e. The van der Waals surface area contributed by atoms with Crippen LogP contribution in [0.5, 0.6) is 0 Å². The third-order valence-electron chi connectivity index (χ3n) is 5.26. The highest BCUT2D eigenvalue weighted by Gasteiger charge is 2.32. The minimum atomic E-state index is -3.94. The molecule has 0 fully saturated rings. The van der Waals surface area contributed by atoms with E-state index in [-0.39, 0.29) is 34.1 Å². The highest BCUT2D eigenvalue weighted by molar-refractivity contribution is 7.92. The smallest absolute Gasteiger partial charge is 0.244 e. The molecule has 0 spiro atoms. The van der Waals surface area contributed by atoms with Crippen molar-refractivity contribution in [2.75, 3.05) is 23.7 Å². The summed E-state index contributed by atoms with van der Waals surface area (Å²) in [5.41, 5.74) is 0.686. The third kappa shape index (κ3) is 8.42. The molecule has 0 bridgehead atoms. The molecule has 2 amide bonds. The van der Waals surface area contributed by atoms with E-state index in [1.165, 1.54) is 23.1 Å². The first-order chi connectivity index (χ1) is 16.7. The molecule has 2 aromatic rings. The number of hydrogen-bond donors (Lipinski definition) is 1. The van der Waals surface area contributed by atoms with Crippen molar-refractivity contribution in [3.05, 3.63) is 62.1 Å². The molecule has 0 unspecified atom stereocenters. The van der Waals surface area contributed by atoms with Crippen molar-refractivity contribution in [1.29, 1.82) is 0 Å². The fourth-order valence-corrected chi connectivity index (χ4v) is 5.06. The Morgan fingerprint density at radius 1 is 0.972 bits per heavy atom. The molecule has 0 saturated carbocycles. The number of sulfonamides is 1. The van der Waals surface area contributed by atoms with Gasteiger partial charge in [-0.3, -0.25) is 13.9 Å². The average molecular weight is 597 g/mol. The van der Waals surface area contributed by atoms with Crippen molar-refractivity contribution in [3.63, 3.8) is 0 Å². The van der Waals surface area contributed by atoms with Gasteiger partial charge in [0.2, 0.25) is 21.8 Å². The van der Waals surface area contributed by atoms with Gasteiger partial charge >= 0.3 is 0 Å². The molecular weight excluding hydrogens is 568 g/mol. The first-order valence-corrected chi connectivity index (χ1v) is 14.5. The Kier molecular flexibility index (Phi) is 11.2. The van der Waals surface area contributed by atoms with Crippen molar-refractivity contribution >= 4 is 73.9 Å². The lowest BCUT2D eigenvalue weighted by molar-refractivity contribution is -0.140. The molecule has 0 aliphatic heterocycles. The Morgan fingerprint density at radius 2 is 1.61 bits per heavy atom. The van der Waals surface area contributed by atoms with Crippen LogP contribution in [0.2, 0.25) is 20.1 Å². The van der Waals surface area contributed by atoms with Gasteiger partial charge in [0, 0.05) is 18.1 Å². The summed E-state index contributed by atoms with van der Waals surface area (Å²) >= 11 is 24.5. The number of carbonyl (C=O) groups excluding carboxylic acids is 2. The average Bonchev–Trinajstić information content (AvgIpc) is 2.79. The fraction of sp³-hybridized carbons (Fsp3) is 0.417. The Hall–Kier alpha value is -1.71. The van der Waals surface area contributed by atoms with Gasteiger partial charge in [-0.1, -0.05) is 73.2 Å². The van der Waals surface area contributed by atoms with E-state index in [9.17, 15) is 18.0 Å². The lowest BCUT2D eigenvalue weighted by Crippen LogP contribution is -2.52. The van der Waals surface area contributed by atoms with Gasteiger partial charge in [0.05, 0.1) is 27.0 Å². The quantitative estimate of drug-likeness (QED) is 0.363. The second kappa shape index (κ2) is 13.2. The van der Waals surface area contributed by atoms with Crippen molar-refractivity contribution in [2.24, 2.45) is 5.92 Å². The maximum absolute atomic E-state index is 13.7. The summed E-state index contributed by atoms with van der Waals surface area (Å²) in [5, 5.41) is 3.86. The van der Waals surface area contributed by atoms with Gasteiger partial charge in [-0.25, -0.2) is 8.42 Å². The second-order valence-electron chi connectivity index (χ2n) is 8.70. The minimum Gasteiger partial charge on any atom is -0.354 e. The van der Waals surface area contributed by atoms with E-state index in [1.807, 2.05) is 13.8 Å². The number of nitrogens with zero attached hydrogens (tertiary/aromatic N) is 2. The summed E-state index contributed by atoms with van der Waals surface area (Å²) in [7, 11) is -3.94. The van der Waals surface area contributed by atoms with Gasteiger partial charge in [0.1, 0.15) is 12.6 Å². The van der Waals surface area contributed by atoms with E-state index >= 15 is 0 Å². The normalized spacial score (nSPS) is 12.4. The predicted molar refractivity (Wildman–Crippen MR) is 148 cm³/mol. The lowest BCUT2D eigenvalue weighted by Gasteiger charge is -2.33. The summed E-state index contributed by atoms with van der Waals surface area (Å²) < 4.78 is 26.3. The number of halogens is 4. The van der Waals surface area contributed by atoms with Gasteiger partial charge in [-0.2, -0.15) is 0 Å². The highest BCUT2D eigenvalue weighted by Crippen LogP contribution is 2.31. The van der Waals surface area contributed by atoms with E-state index in [0.29, 0.717) is 28.6 Å². The van der Waals surface area contributed by atoms with Crippen LogP contribution in [0.4, 0.5) is 5.69 Å². The van der Waals surface area contributed by atoms with Crippen LogP contribution in [-0.2, 0) is 26.2 Å². The maximum Gasteiger partial charge on any atom is 0.244 e. The van der Waals surface area contributed by atoms with Crippen LogP contribution in [0.3, 0.4) is 0 Å². The second-order valence-corrected chi connectivity index (χ2v) is 12.3. The van der Waals surface area contributed by atoms with Crippen LogP contribution in [0, 0.1) is 5.92 Å². The molecule has 0 aromatic heterocycles. The molecule has 1 atom stereocenters. The number of benzene rings is 2. The standard InChI is InChI=1S/C24H29Cl4N3O4S/c1-5-21(24(33)29-12-15(2)3)30(13-16-6-8-18(26)20(28)10-16)23(32)14-31(36(4,34)35)22-11-17(25)7-9-19(22)27/h6-11,15,21H,5,12-14H2,1-4H3,(H,29,33)/t21-/m1/s1. The lowest BCUT2D eigenvalue weighted by atomic mass is 10.1. The molecule has 7 nitrogen and oxygen atoms in total. The van der Waals surface area contributed by atoms with Crippen LogP contribution < -0.4 is 9.62 Å². The number of nitrogens with one attached hydrogen (secondary N) is 1. The van der Waals surface area contributed by atoms with Gasteiger partial charge in [-0.05, 0) is 48.2 Å². The molecule has 12 heteroatoms. The zero-order valence-electron chi connectivity index (χ0n) is 20.4. The van der Waals surface area contributed by atoms with Crippen molar-refractivity contribution in [2.45, 2.75) is 39.8 Å². The summed E-state index contributed by atoms with van der Waals surface area (Å²) in [5.74, 6) is -0.739. The van der Waals surface area contributed by atoms with E-state index in [0.717, 1.165) is 10.6 Å². The van der Waals surface area contributed by atoms with Gasteiger partial charge < -0.3 is 10.2 Å². The highest BCUT2D eigenvalue weighted by atomic mass is 35.5. The van der Waals surface area contributed by atoms with E-state index in [1.54, 1.807) is 25.1 Å². The summed E-state index contributed by atoms with van der Waals surface area (Å²) in [4.78, 5) is 28.1. The summed E-state index contributed by atoms with van der Waals surface area (Å²) in [6, 6.07) is 8.36. The van der Waals surface area contributed by atoms with Crippen LogP contribution in [0.25, 0.3) is 0 Å². The molecule has 0 saturated heterocycles. The first-order valence-electron chi connectivity index (χ1n) is 11.2. The van der Waals surface area contributed by atoms with Gasteiger partial charge in [-0.15, -0.1) is 0 Å². The Balaban J connectivity index is 2.49. The number of rotatable bonds is 11. The van der Waals surface area contributed by atoms with E-state index < -0.39 is 28.5 Å². The number of amides is 2. The number of hydrogen-bond acceptors (Lipinski definition) is 4. The molecule has 2 rings (SSSR count). The first kappa shape index (κ1) is 30.5. The molecule has 2 aromatic carbocycles. The SMILES string of the molecule is CC[C@H](C(=O)NCC(C)C)N(Cc1ccc(Cl)c(Cl)c1)C(=O)CN(c1cc(Cl)ccc1Cl)S(C)(=O)=O. The Morgan fingerprint density at radius 3 is 2.17 bits per heavy atom. The van der Waals surface area contributed by atoms with Crippen LogP contribution in [-0.4, -0.2) is 50.5 Å². The van der Waals surface area contributed by atoms with Crippen molar-refractivity contribution < 1.29 is 18.0 Å². The zero-order valence-corrected chi connectivity index (χ0v) is 24.2. The molecular formula is C24H29Cl4N3O4S. The monoisotopic (exact) mass is 595 g/mol. The van der Waals surface area contributed by atoms with E-state index in [4.69, 9.17) is 46.4 Å². The van der Waals surface area contributed by atoms with Crippen molar-refractivity contribution in [3.8, 4) is 0 Å². The van der Waals surface area contributed by atoms with Crippen molar-refractivity contribution in [1.82, 2.24) is 10.2 Å². The zero-order chi connectivity index (χ0) is 27.2. The molecule has 0 radical (unpaired) electrons. The number of anilines is 1. The van der Waals surface area contributed by atoms with Crippen LogP contribution in [0.15, 0.2) is 36.4 Å². The minimum absolute atomic E-state index is 0.00417.